The molecule has 0 aromatic carbocycles. The number of likely N-dealkylation sites (tertiary alicyclic amines) is 2. The Morgan fingerprint density at radius 2 is 1.79 bits per heavy atom. The number of aliphatic imine (C=N–C) groups is 1. The van der Waals surface area contributed by atoms with Gasteiger partial charge >= 0.3 is 0 Å². The number of nitrogens with zero attached hydrogens (tertiary/aromatic N) is 3. The van der Waals surface area contributed by atoms with E-state index in [0.29, 0.717) is 37.8 Å². The number of hydrogen-bond acceptors (Lipinski definition) is 3. The average molecular weight is 334 g/mol. The van der Waals surface area contributed by atoms with Gasteiger partial charge in [-0.1, -0.05) is 19.3 Å². The normalized spacial score (nSPS) is 24.8. The van der Waals surface area contributed by atoms with E-state index in [0.717, 1.165) is 19.0 Å². The zero-order valence-electron chi connectivity index (χ0n) is 14.9. The van der Waals surface area contributed by atoms with Crippen molar-refractivity contribution in [3.8, 4) is 0 Å². The van der Waals surface area contributed by atoms with Gasteiger partial charge in [0.15, 0.2) is 5.96 Å². The summed E-state index contributed by atoms with van der Waals surface area (Å²) in [4.78, 5) is 31.9. The molecule has 2 aliphatic heterocycles. The fourth-order valence-electron chi connectivity index (χ4n) is 4.49. The zero-order chi connectivity index (χ0) is 17.0. The number of amides is 2. The van der Waals surface area contributed by atoms with Crippen LogP contribution in [0.3, 0.4) is 0 Å². The molecule has 1 N–H and O–H groups in total. The second-order valence-electron chi connectivity index (χ2n) is 7.50. The molecule has 6 heteroatoms. The van der Waals surface area contributed by atoms with E-state index in [1.165, 1.54) is 43.4 Å². The Morgan fingerprint density at radius 3 is 2.46 bits per heavy atom. The van der Waals surface area contributed by atoms with E-state index in [9.17, 15) is 9.59 Å². The van der Waals surface area contributed by atoms with Gasteiger partial charge in [0.05, 0.1) is 0 Å². The third-order valence-electron chi connectivity index (χ3n) is 5.87. The first-order chi connectivity index (χ1) is 11.6. The molecular formula is C18H30N4O2. The van der Waals surface area contributed by atoms with Gasteiger partial charge in [0.25, 0.3) is 0 Å². The summed E-state index contributed by atoms with van der Waals surface area (Å²) >= 11 is 0. The van der Waals surface area contributed by atoms with Crippen LogP contribution in [-0.4, -0.2) is 60.8 Å². The standard InChI is InChI=1S/C18H30N4O2/c1-19-17(20-11-13-22-15(23)6-5-7-16(22)24)21-12-10-18(14-21)8-3-2-4-9-18/h2-14H2,1H3,(H,19,20). The molecule has 0 atom stereocenters. The van der Waals surface area contributed by atoms with E-state index >= 15 is 0 Å². The quantitative estimate of drug-likeness (QED) is 0.485. The highest BCUT2D eigenvalue weighted by Crippen LogP contribution is 2.43. The van der Waals surface area contributed by atoms with Crippen molar-refractivity contribution >= 4 is 17.8 Å². The van der Waals surface area contributed by atoms with Crippen molar-refractivity contribution in [3.63, 3.8) is 0 Å². The molecule has 6 nitrogen and oxygen atoms in total. The summed E-state index contributed by atoms with van der Waals surface area (Å²) in [5, 5.41) is 3.35. The number of imide groups is 1. The number of carbonyl (C=O) groups is 2. The molecular weight excluding hydrogens is 304 g/mol. The maximum atomic E-state index is 11.8. The van der Waals surface area contributed by atoms with Crippen LogP contribution in [0, 0.1) is 5.41 Å². The molecule has 2 amide bonds. The second kappa shape index (κ2) is 7.53. The molecule has 2 heterocycles. The maximum absolute atomic E-state index is 11.8. The van der Waals surface area contributed by atoms with Gasteiger partial charge in [-0.25, -0.2) is 0 Å². The lowest BCUT2D eigenvalue weighted by atomic mass is 9.73. The highest BCUT2D eigenvalue weighted by atomic mass is 16.2. The van der Waals surface area contributed by atoms with Gasteiger partial charge in [0.1, 0.15) is 0 Å². The predicted molar refractivity (Wildman–Crippen MR) is 93.6 cm³/mol. The van der Waals surface area contributed by atoms with Gasteiger partial charge in [-0.15, -0.1) is 0 Å². The molecule has 3 aliphatic rings. The van der Waals surface area contributed by atoms with Crippen molar-refractivity contribution in [2.75, 3.05) is 33.2 Å². The minimum absolute atomic E-state index is 0.0367. The molecule has 0 aromatic heterocycles. The van der Waals surface area contributed by atoms with Crippen LogP contribution in [0.25, 0.3) is 0 Å². The van der Waals surface area contributed by atoms with E-state index in [1.807, 2.05) is 7.05 Å². The average Bonchev–Trinajstić information content (AvgIpc) is 2.98. The Labute approximate surface area is 144 Å². The SMILES string of the molecule is CN=C(NCCN1C(=O)CCCC1=O)N1CCC2(CCCCC2)C1. The summed E-state index contributed by atoms with van der Waals surface area (Å²) in [5.41, 5.74) is 0.495. The van der Waals surface area contributed by atoms with E-state index in [4.69, 9.17) is 0 Å². The Kier molecular flexibility index (Phi) is 5.41. The number of hydrogen-bond donors (Lipinski definition) is 1. The topological polar surface area (TPSA) is 65.0 Å². The smallest absolute Gasteiger partial charge is 0.229 e. The van der Waals surface area contributed by atoms with E-state index < -0.39 is 0 Å². The van der Waals surface area contributed by atoms with Gasteiger partial charge < -0.3 is 10.2 Å². The lowest BCUT2D eigenvalue weighted by Gasteiger charge is -2.33. The summed E-state index contributed by atoms with van der Waals surface area (Å²) in [6.45, 7) is 3.17. The molecule has 0 unspecified atom stereocenters. The molecule has 0 aromatic rings. The van der Waals surface area contributed by atoms with Crippen molar-refractivity contribution in [3.05, 3.63) is 0 Å². The number of guanidine groups is 1. The minimum Gasteiger partial charge on any atom is -0.354 e. The molecule has 24 heavy (non-hydrogen) atoms. The third-order valence-corrected chi connectivity index (χ3v) is 5.87. The molecule has 1 saturated carbocycles. The third kappa shape index (κ3) is 3.73. The molecule has 1 spiro atoms. The van der Waals surface area contributed by atoms with Gasteiger partial charge in [-0.2, -0.15) is 0 Å². The van der Waals surface area contributed by atoms with Gasteiger partial charge in [-0.3, -0.25) is 19.5 Å². The van der Waals surface area contributed by atoms with Crippen LogP contribution in [0.1, 0.15) is 57.8 Å². The van der Waals surface area contributed by atoms with E-state index in [-0.39, 0.29) is 11.8 Å². The number of carbonyl (C=O) groups excluding carboxylic acids is 2. The van der Waals surface area contributed by atoms with Crippen molar-refractivity contribution in [2.24, 2.45) is 10.4 Å². The van der Waals surface area contributed by atoms with Gasteiger partial charge in [-0.05, 0) is 31.1 Å². The number of piperidine rings is 1. The van der Waals surface area contributed by atoms with Crippen LogP contribution < -0.4 is 5.32 Å². The maximum Gasteiger partial charge on any atom is 0.229 e. The summed E-state index contributed by atoms with van der Waals surface area (Å²) in [7, 11) is 1.81. The molecule has 1 aliphatic carbocycles. The van der Waals surface area contributed by atoms with Crippen LogP contribution >= 0.6 is 0 Å². The van der Waals surface area contributed by atoms with E-state index in [2.05, 4.69) is 15.2 Å². The summed E-state index contributed by atoms with van der Waals surface area (Å²) in [6, 6.07) is 0. The molecule has 3 rings (SSSR count). The Bertz CT molecular complexity index is 495. The van der Waals surface area contributed by atoms with Gasteiger partial charge in [0, 0.05) is 46.1 Å². The predicted octanol–water partition coefficient (Wildman–Crippen LogP) is 1.76. The lowest BCUT2D eigenvalue weighted by molar-refractivity contribution is -0.147. The first kappa shape index (κ1) is 17.2. The fraction of sp³-hybridized carbons (Fsp3) is 0.833. The van der Waals surface area contributed by atoms with Crippen molar-refractivity contribution in [2.45, 2.75) is 57.8 Å². The summed E-state index contributed by atoms with van der Waals surface area (Å²) < 4.78 is 0. The van der Waals surface area contributed by atoms with Crippen molar-refractivity contribution in [1.82, 2.24) is 15.1 Å². The van der Waals surface area contributed by atoms with E-state index in [1.54, 1.807) is 0 Å². The largest absolute Gasteiger partial charge is 0.354 e. The summed E-state index contributed by atoms with van der Waals surface area (Å²) in [5.74, 6) is 0.838. The summed E-state index contributed by atoms with van der Waals surface area (Å²) in [6.07, 6.45) is 9.74. The van der Waals surface area contributed by atoms with Crippen molar-refractivity contribution in [1.29, 1.82) is 0 Å². The monoisotopic (exact) mass is 334 g/mol. The van der Waals surface area contributed by atoms with Crippen LogP contribution in [-0.2, 0) is 9.59 Å². The molecule has 0 bridgehead atoms. The Hall–Kier alpha value is -1.59. The minimum atomic E-state index is -0.0367. The molecule has 0 radical (unpaired) electrons. The number of rotatable bonds is 3. The Morgan fingerprint density at radius 1 is 1.08 bits per heavy atom. The van der Waals surface area contributed by atoms with Crippen molar-refractivity contribution < 1.29 is 9.59 Å². The van der Waals surface area contributed by atoms with Crippen LogP contribution in [0.2, 0.25) is 0 Å². The zero-order valence-corrected chi connectivity index (χ0v) is 14.9. The fourth-order valence-corrected chi connectivity index (χ4v) is 4.49. The van der Waals surface area contributed by atoms with Crippen LogP contribution in [0.5, 0.6) is 0 Å². The highest BCUT2D eigenvalue weighted by molar-refractivity contribution is 5.97. The lowest BCUT2D eigenvalue weighted by Crippen LogP contribution is -2.47. The molecule has 2 saturated heterocycles. The highest BCUT2D eigenvalue weighted by Gasteiger charge is 2.39. The Balaban J connectivity index is 1.49. The van der Waals surface area contributed by atoms with Crippen LogP contribution in [0.4, 0.5) is 0 Å². The van der Waals surface area contributed by atoms with Crippen LogP contribution in [0.15, 0.2) is 4.99 Å². The first-order valence-electron chi connectivity index (χ1n) is 9.42. The molecule has 3 fully saturated rings. The first-order valence-corrected chi connectivity index (χ1v) is 9.42. The molecule has 134 valence electrons. The number of nitrogens with one attached hydrogen (secondary N) is 1. The van der Waals surface area contributed by atoms with Gasteiger partial charge in [0.2, 0.25) is 11.8 Å². The second-order valence-corrected chi connectivity index (χ2v) is 7.50.